The van der Waals surface area contributed by atoms with Gasteiger partial charge in [0.2, 0.25) is 0 Å². The molecule has 1 aliphatic rings. The maximum Gasteiger partial charge on any atom is 0.123 e. The molecule has 0 unspecified atom stereocenters. The zero-order valence-corrected chi connectivity index (χ0v) is 12.6. The zero-order chi connectivity index (χ0) is 13.7. The smallest absolute Gasteiger partial charge is 0.123 e. The first-order valence-corrected chi connectivity index (χ1v) is 7.46. The predicted octanol–water partition coefficient (Wildman–Crippen LogP) is 2.88. The second-order valence-electron chi connectivity index (χ2n) is 4.90. The minimum atomic E-state index is 0.693. The summed E-state index contributed by atoms with van der Waals surface area (Å²) in [7, 11) is 0. The molecule has 2 rings (SSSR count). The van der Waals surface area contributed by atoms with E-state index in [1.165, 1.54) is 5.56 Å². The van der Waals surface area contributed by atoms with Gasteiger partial charge in [0, 0.05) is 43.3 Å². The van der Waals surface area contributed by atoms with E-state index in [1.54, 1.807) is 0 Å². The van der Waals surface area contributed by atoms with Gasteiger partial charge in [0.1, 0.15) is 5.75 Å². The number of piperazine rings is 1. The van der Waals surface area contributed by atoms with Gasteiger partial charge in [0.15, 0.2) is 0 Å². The minimum Gasteiger partial charge on any atom is -0.494 e. The van der Waals surface area contributed by atoms with E-state index >= 15 is 0 Å². The van der Waals surface area contributed by atoms with Crippen molar-refractivity contribution in [3.8, 4) is 5.75 Å². The van der Waals surface area contributed by atoms with Gasteiger partial charge in [0.25, 0.3) is 0 Å². The molecule has 0 aromatic heterocycles. The van der Waals surface area contributed by atoms with Gasteiger partial charge in [-0.05, 0) is 31.7 Å². The predicted molar refractivity (Wildman–Crippen MR) is 80.0 cm³/mol. The summed E-state index contributed by atoms with van der Waals surface area (Å²) in [6.07, 6.45) is 0. The van der Waals surface area contributed by atoms with Crippen molar-refractivity contribution in [1.29, 1.82) is 0 Å². The lowest BCUT2D eigenvalue weighted by Crippen LogP contribution is -2.45. The first-order valence-electron chi connectivity index (χ1n) is 7.08. The van der Waals surface area contributed by atoms with Gasteiger partial charge in [-0.1, -0.05) is 18.5 Å². The molecule has 106 valence electrons. The van der Waals surface area contributed by atoms with Crippen LogP contribution in [0.1, 0.15) is 19.4 Å². The van der Waals surface area contributed by atoms with E-state index in [1.807, 2.05) is 25.1 Å². The largest absolute Gasteiger partial charge is 0.494 e. The van der Waals surface area contributed by atoms with Crippen molar-refractivity contribution in [2.75, 3.05) is 39.3 Å². The molecule has 0 aliphatic carbocycles. The molecule has 0 N–H and O–H groups in total. The van der Waals surface area contributed by atoms with Crippen molar-refractivity contribution in [3.05, 3.63) is 28.8 Å². The average Bonchev–Trinajstić information content (AvgIpc) is 2.43. The van der Waals surface area contributed by atoms with Crippen LogP contribution in [-0.4, -0.2) is 49.1 Å². The Labute approximate surface area is 121 Å². The van der Waals surface area contributed by atoms with Gasteiger partial charge in [0.05, 0.1) is 6.61 Å². The topological polar surface area (TPSA) is 15.7 Å². The summed E-state index contributed by atoms with van der Waals surface area (Å²) < 4.78 is 5.68. The summed E-state index contributed by atoms with van der Waals surface area (Å²) in [4.78, 5) is 4.96. The third-order valence-electron chi connectivity index (χ3n) is 3.63. The molecule has 0 spiro atoms. The van der Waals surface area contributed by atoms with Crippen LogP contribution in [0.5, 0.6) is 5.75 Å². The molecule has 0 atom stereocenters. The fourth-order valence-corrected chi connectivity index (χ4v) is 2.67. The summed E-state index contributed by atoms with van der Waals surface area (Å²) in [6, 6.07) is 5.90. The number of benzene rings is 1. The number of hydrogen-bond donors (Lipinski definition) is 0. The van der Waals surface area contributed by atoms with Crippen LogP contribution in [0.3, 0.4) is 0 Å². The lowest BCUT2D eigenvalue weighted by atomic mass is 10.1. The normalized spacial score (nSPS) is 17.6. The van der Waals surface area contributed by atoms with Gasteiger partial charge in [-0.15, -0.1) is 0 Å². The Morgan fingerprint density at radius 3 is 2.42 bits per heavy atom. The molecule has 1 aliphatic heterocycles. The second-order valence-corrected chi connectivity index (χ2v) is 5.33. The van der Waals surface area contributed by atoms with Gasteiger partial charge in [-0.25, -0.2) is 0 Å². The molecule has 1 saturated heterocycles. The molecular weight excluding hydrogens is 260 g/mol. The van der Waals surface area contributed by atoms with Gasteiger partial charge >= 0.3 is 0 Å². The summed E-state index contributed by atoms with van der Waals surface area (Å²) in [5, 5.41) is 0.783. The molecule has 0 bridgehead atoms. The standard InChI is InChI=1S/C15H23ClN2O/c1-3-17-7-9-18(10-8-17)12-13-11-14(16)5-6-15(13)19-4-2/h5-6,11H,3-4,7-10,12H2,1-2H3. The van der Waals surface area contributed by atoms with E-state index in [9.17, 15) is 0 Å². The Morgan fingerprint density at radius 1 is 1.11 bits per heavy atom. The summed E-state index contributed by atoms with van der Waals surface area (Å²) in [6.45, 7) is 11.5. The van der Waals surface area contributed by atoms with Crippen molar-refractivity contribution in [2.24, 2.45) is 0 Å². The number of rotatable bonds is 5. The fourth-order valence-electron chi connectivity index (χ4n) is 2.47. The summed E-state index contributed by atoms with van der Waals surface area (Å²) >= 11 is 6.10. The molecule has 1 heterocycles. The van der Waals surface area contributed by atoms with Crippen LogP contribution in [0.2, 0.25) is 5.02 Å². The van der Waals surface area contributed by atoms with Crippen molar-refractivity contribution in [2.45, 2.75) is 20.4 Å². The number of nitrogens with zero attached hydrogens (tertiary/aromatic N) is 2. The van der Waals surface area contributed by atoms with E-state index < -0.39 is 0 Å². The van der Waals surface area contributed by atoms with E-state index in [-0.39, 0.29) is 0 Å². The van der Waals surface area contributed by atoms with E-state index in [4.69, 9.17) is 16.3 Å². The average molecular weight is 283 g/mol. The quantitative estimate of drug-likeness (QED) is 0.826. The molecule has 1 aromatic rings. The Morgan fingerprint density at radius 2 is 1.79 bits per heavy atom. The van der Waals surface area contributed by atoms with Crippen molar-refractivity contribution < 1.29 is 4.74 Å². The van der Waals surface area contributed by atoms with E-state index in [0.29, 0.717) is 6.61 Å². The maximum absolute atomic E-state index is 6.10. The number of likely N-dealkylation sites (N-methyl/N-ethyl adjacent to an activating group) is 1. The lowest BCUT2D eigenvalue weighted by molar-refractivity contribution is 0.131. The van der Waals surface area contributed by atoms with Crippen LogP contribution >= 0.6 is 11.6 Å². The molecule has 1 aromatic carbocycles. The highest BCUT2D eigenvalue weighted by molar-refractivity contribution is 6.30. The number of halogens is 1. The van der Waals surface area contributed by atoms with Gasteiger partial charge in [-0.3, -0.25) is 4.90 Å². The second kappa shape index (κ2) is 7.13. The molecule has 0 radical (unpaired) electrons. The molecule has 0 amide bonds. The fraction of sp³-hybridized carbons (Fsp3) is 0.600. The highest BCUT2D eigenvalue weighted by atomic mass is 35.5. The lowest BCUT2D eigenvalue weighted by Gasteiger charge is -2.34. The Hall–Kier alpha value is -0.770. The minimum absolute atomic E-state index is 0.693. The van der Waals surface area contributed by atoms with Crippen LogP contribution in [0, 0.1) is 0 Å². The molecular formula is C15H23ClN2O. The van der Waals surface area contributed by atoms with Gasteiger partial charge in [-0.2, -0.15) is 0 Å². The Balaban J connectivity index is 2.00. The SMILES string of the molecule is CCOc1ccc(Cl)cc1CN1CCN(CC)CC1. The van der Waals surface area contributed by atoms with Crippen LogP contribution in [-0.2, 0) is 6.54 Å². The highest BCUT2D eigenvalue weighted by Crippen LogP contribution is 2.24. The maximum atomic E-state index is 6.10. The monoisotopic (exact) mass is 282 g/mol. The third kappa shape index (κ3) is 4.10. The number of hydrogen-bond acceptors (Lipinski definition) is 3. The zero-order valence-electron chi connectivity index (χ0n) is 11.9. The molecule has 3 nitrogen and oxygen atoms in total. The molecule has 1 fully saturated rings. The first-order chi connectivity index (χ1) is 9.22. The van der Waals surface area contributed by atoms with Crippen LogP contribution in [0.4, 0.5) is 0 Å². The van der Waals surface area contributed by atoms with Gasteiger partial charge < -0.3 is 9.64 Å². The third-order valence-corrected chi connectivity index (χ3v) is 3.86. The Kier molecular flexibility index (Phi) is 5.49. The van der Waals surface area contributed by atoms with Crippen LogP contribution < -0.4 is 4.74 Å². The summed E-state index contributed by atoms with van der Waals surface area (Å²) in [5.41, 5.74) is 1.19. The molecule has 4 heteroatoms. The van der Waals surface area contributed by atoms with Crippen molar-refractivity contribution >= 4 is 11.6 Å². The molecule has 19 heavy (non-hydrogen) atoms. The first kappa shape index (κ1) is 14.6. The van der Waals surface area contributed by atoms with Crippen molar-refractivity contribution in [3.63, 3.8) is 0 Å². The van der Waals surface area contributed by atoms with Crippen LogP contribution in [0.25, 0.3) is 0 Å². The number of ether oxygens (including phenoxy) is 1. The highest BCUT2D eigenvalue weighted by Gasteiger charge is 2.17. The molecule has 0 saturated carbocycles. The summed E-state index contributed by atoms with van der Waals surface area (Å²) in [5.74, 6) is 0.963. The Bertz CT molecular complexity index is 403. The van der Waals surface area contributed by atoms with Crippen LogP contribution in [0.15, 0.2) is 18.2 Å². The van der Waals surface area contributed by atoms with Crippen molar-refractivity contribution in [1.82, 2.24) is 9.80 Å². The van der Waals surface area contributed by atoms with E-state index in [2.05, 4.69) is 16.7 Å². The van der Waals surface area contributed by atoms with E-state index in [0.717, 1.165) is 50.0 Å².